The summed E-state index contributed by atoms with van der Waals surface area (Å²) in [6, 6.07) is 0. The lowest BCUT2D eigenvalue weighted by Crippen LogP contribution is -2.55. The molecule has 0 radical (unpaired) electrons. The second kappa shape index (κ2) is 3.30. The van der Waals surface area contributed by atoms with Gasteiger partial charge in [0.2, 0.25) is 5.54 Å². The summed E-state index contributed by atoms with van der Waals surface area (Å²) in [6.45, 7) is 0.611. The van der Waals surface area contributed by atoms with Gasteiger partial charge in [0.15, 0.2) is 0 Å². The van der Waals surface area contributed by atoms with Crippen LogP contribution in [0.4, 0.5) is 0 Å². The van der Waals surface area contributed by atoms with Crippen LogP contribution in [0.1, 0.15) is 6.92 Å². The van der Waals surface area contributed by atoms with E-state index in [1.165, 1.54) is 6.92 Å². The van der Waals surface area contributed by atoms with Crippen LogP contribution in [0.2, 0.25) is 0 Å². The molecule has 6 nitrogen and oxygen atoms in total. The van der Waals surface area contributed by atoms with E-state index in [1.54, 1.807) is 0 Å². The van der Waals surface area contributed by atoms with E-state index in [1.807, 2.05) is 0 Å². The fraction of sp³-hybridized carbons (Fsp3) is 0.500. The average molecular weight is 201 g/mol. The minimum atomic E-state index is -1.82. The summed E-state index contributed by atoms with van der Waals surface area (Å²) in [5.74, 6) is -1.98. The van der Waals surface area contributed by atoms with Gasteiger partial charge in [-0.25, -0.2) is 4.79 Å². The van der Waals surface area contributed by atoms with Crippen molar-refractivity contribution >= 4 is 11.9 Å². The van der Waals surface area contributed by atoms with Gasteiger partial charge in [0.25, 0.3) is 5.91 Å². The smallest absolute Gasteiger partial charge is 0.342 e. The molecule has 6 heteroatoms. The number of nitrogens with one attached hydrogen (secondary N) is 1. The fourth-order valence-electron chi connectivity index (χ4n) is 1.28. The SMILES string of the molecule is COC(=O)[C@]1(CO)NC(=O)C(C)=C1O. The van der Waals surface area contributed by atoms with E-state index in [0.717, 1.165) is 7.11 Å². The van der Waals surface area contributed by atoms with E-state index in [9.17, 15) is 14.7 Å². The van der Waals surface area contributed by atoms with E-state index in [2.05, 4.69) is 10.1 Å². The number of amides is 1. The van der Waals surface area contributed by atoms with E-state index < -0.39 is 29.8 Å². The van der Waals surface area contributed by atoms with Crippen LogP contribution in [-0.4, -0.2) is 41.3 Å². The lowest BCUT2D eigenvalue weighted by molar-refractivity contribution is -0.150. The van der Waals surface area contributed by atoms with Gasteiger partial charge in [-0.2, -0.15) is 0 Å². The van der Waals surface area contributed by atoms with Gasteiger partial charge in [0.1, 0.15) is 5.76 Å². The Morgan fingerprint density at radius 2 is 2.21 bits per heavy atom. The largest absolute Gasteiger partial charge is 0.509 e. The van der Waals surface area contributed by atoms with Gasteiger partial charge >= 0.3 is 5.97 Å². The molecule has 0 saturated carbocycles. The molecule has 0 bridgehead atoms. The number of methoxy groups -OCH3 is 1. The number of ether oxygens (including phenoxy) is 1. The summed E-state index contributed by atoms with van der Waals surface area (Å²) >= 11 is 0. The summed E-state index contributed by atoms with van der Waals surface area (Å²) in [7, 11) is 1.10. The summed E-state index contributed by atoms with van der Waals surface area (Å²) in [4.78, 5) is 22.4. The Labute approximate surface area is 80.2 Å². The van der Waals surface area contributed by atoms with Crippen LogP contribution in [0.25, 0.3) is 0 Å². The van der Waals surface area contributed by atoms with Gasteiger partial charge < -0.3 is 20.3 Å². The molecule has 0 fully saturated rings. The number of hydrogen-bond donors (Lipinski definition) is 3. The van der Waals surface area contributed by atoms with E-state index in [-0.39, 0.29) is 5.57 Å². The van der Waals surface area contributed by atoms with Crippen LogP contribution in [0.3, 0.4) is 0 Å². The minimum Gasteiger partial charge on any atom is -0.509 e. The number of carbonyl (C=O) groups is 2. The summed E-state index contributed by atoms with van der Waals surface area (Å²) < 4.78 is 4.39. The van der Waals surface area contributed by atoms with Crippen molar-refractivity contribution < 1.29 is 24.5 Å². The molecule has 1 aliphatic rings. The van der Waals surface area contributed by atoms with Crippen molar-refractivity contribution in [1.29, 1.82) is 0 Å². The monoisotopic (exact) mass is 201 g/mol. The molecular weight excluding hydrogens is 190 g/mol. The summed E-state index contributed by atoms with van der Waals surface area (Å²) in [5.41, 5.74) is -1.82. The molecule has 1 aliphatic heterocycles. The lowest BCUT2D eigenvalue weighted by atomic mass is 9.99. The van der Waals surface area contributed by atoms with Crippen LogP contribution in [0.5, 0.6) is 0 Å². The highest BCUT2D eigenvalue weighted by Crippen LogP contribution is 2.25. The Kier molecular flexibility index (Phi) is 2.48. The molecule has 0 aliphatic carbocycles. The average Bonchev–Trinajstić information content (AvgIpc) is 2.42. The lowest BCUT2D eigenvalue weighted by Gasteiger charge is -2.23. The van der Waals surface area contributed by atoms with Gasteiger partial charge in [-0.1, -0.05) is 0 Å². The molecule has 0 aromatic heterocycles. The van der Waals surface area contributed by atoms with Crippen molar-refractivity contribution in [2.24, 2.45) is 0 Å². The van der Waals surface area contributed by atoms with Gasteiger partial charge in [0.05, 0.1) is 19.3 Å². The number of esters is 1. The summed E-state index contributed by atoms with van der Waals surface area (Å²) in [6.07, 6.45) is 0. The standard InChI is InChI=1S/C8H11NO5/c1-4-5(11)8(3-10,7(13)14-2)9-6(4)12/h10-11H,3H2,1-2H3,(H,9,12)/t8-/m1/s1. The van der Waals surface area contributed by atoms with Gasteiger partial charge in [-0.3, -0.25) is 4.79 Å². The Balaban J connectivity index is 3.18. The number of carbonyl (C=O) groups excluding carboxylic acids is 2. The van der Waals surface area contributed by atoms with Crippen LogP contribution < -0.4 is 5.32 Å². The zero-order valence-corrected chi connectivity index (χ0v) is 7.83. The first-order chi connectivity index (χ1) is 6.49. The molecule has 1 rings (SSSR count). The third-order valence-corrected chi connectivity index (χ3v) is 2.20. The highest BCUT2D eigenvalue weighted by atomic mass is 16.5. The Morgan fingerprint density at radius 1 is 1.64 bits per heavy atom. The predicted molar refractivity (Wildman–Crippen MR) is 45.3 cm³/mol. The van der Waals surface area contributed by atoms with Crippen molar-refractivity contribution in [2.75, 3.05) is 13.7 Å². The number of aliphatic hydroxyl groups is 2. The van der Waals surface area contributed by atoms with Crippen molar-refractivity contribution in [3.63, 3.8) is 0 Å². The summed E-state index contributed by atoms with van der Waals surface area (Å²) in [5, 5.41) is 20.7. The Morgan fingerprint density at radius 3 is 2.50 bits per heavy atom. The van der Waals surface area contributed by atoms with E-state index >= 15 is 0 Å². The van der Waals surface area contributed by atoms with Crippen molar-refractivity contribution in [1.82, 2.24) is 5.32 Å². The topological polar surface area (TPSA) is 95.9 Å². The zero-order chi connectivity index (χ0) is 10.9. The van der Waals surface area contributed by atoms with E-state index in [4.69, 9.17) is 5.11 Å². The fourth-order valence-corrected chi connectivity index (χ4v) is 1.28. The first kappa shape index (κ1) is 10.5. The molecule has 78 valence electrons. The Hall–Kier alpha value is -1.56. The van der Waals surface area contributed by atoms with Gasteiger partial charge in [-0.05, 0) is 6.92 Å². The second-order valence-electron chi connectivity index (χ2n) is 2.98. The first-order valence-corrected chi connectivity index (χ1v) is 3.91. The molecule has 3 N–H and O–H groups in total. The van der Waals surface area contributed by atoms with Gasteiger partial charge in [-0.15, -0.1) is 0 Å². The third-order valence-electron chi connectivity index (χ3n) is 2.20. The Bertz CT molecular complexity index is 322. The second-order valence-corrected chi connectivity index (χ2v) is 2.98. The number of hydrogen-bond acceptors (Lipinski definition) is 5. The molecule has 1 atom stereocenters. The third kappa shape index (κ3) is 1.15. The molecule has 0 saturated heterocycles. The molecular formula is C8H11NO5. The molecule has 1 amide bonds. The highest BCUT2D eigenvalue weighted by Gasteiger charge is 2.51. The molecule has 0 unspecified atom stereocenters. The van der Waals surface area contributed by atoms with Crippen LogP contribution in [0.15, 0.2) is 11.3 Å². The van der Waals surface area contributed by atoms with Crippen LogP contribution in [0, 0.1) is 0 Å². The number of rotatable bonds is 2. The molecule has 0 aromatic carbocycles. The highest BCUT2D eigenvalue weighted by molar-refractivity contribution is 6.04. The van der Waals surface area contributed by atoms with Crippen LogP contribution >= 0.6 is 0 Å². The first-order valence-electron chi connectivity index (χ1n) is 3.91. The zero-order valence-electron chi connectivity index (χ0n) is 7.83. The van der Waals surface area contributed by atoms with Crippen molar-refractivity contribution in [2.45, 2.75) is 12.5 Å². The van der Waals surface area contributed by atoms with Gasteiger partial charge in [0, 0.05) is 0 Å². The number of aliphatic hydroxyl groups excluding tert-OH is 2. The van der Waals surface area contributed by atoms with E-state index in [0.29, 0.717) is 0 Å². The maximum atomic E-state index is 11.3. The molecule has 14 heavy (non-hydrogen) atoms. The maximum absolute atomic E-state index is 11.3. The normalized spacial score (nSPS) is 26.4. The van der Waals surface area contributed by atoms with Crippen LogP contribution in [-0.2, 0) is 14.3 Å². The molecule has 0 aromatic rings. The van der Waals surface area contributed by atoms with Crippen molar-refractivity contribution in [3.8, 4) is 0 Å². The predicted octanol–water partition coefficient (Wildman–Crippen LogP) is -1.15. The minimum absolute atomic E-state index is 0.00412. The molecule has 0 spiro atoms. The maximum Gasteiger partial charge on any atom is 0.342 e. The quantitative estimate of drug-likeness (QED) is 0.490. The van der Waals surface area contributed by atoms with Crippen molar-refractivity contribution in [3.05, 3.63) is 11.3 Å². The molecule has 1 heterocycles.